The summed E-state index contributed by atoms with van der Waals surface area (Å²) in [5.41, 5.74) is 1.76. The van der Waals surface area contributed by atoms with Gasteiger partial charge in [-0.3, -0.25) is 14.2 Å². The number of amides is 1. The molecular weight excluding hydrogens is 374 g/mol. The fourth-order valence-electron chi connectivity index (χ4n) is 3.20. The van der Waals surface area contributed by atoms with Crippen molar-refractivity contribution in [2.75, 3.05) is 7.11 Å². The molecule has 2 heterocycles. The van der Waals surface area contributed by atoms with Gasteiger partial charge in [-0.15, -0.1) is 11.3 Å². The van der Waals surface area contributed by atoms with Crippen molar-refractivity contribution in [2.24, 2.45) is 5.92 Å². The zero-order valence-electron chi connectivity index (χ0n) is 16.8. The Balaban J connectivity index is 1.81. The highest BCUT2D eigenvalue weighted by molar-refractivity contribution is 7.18. The van der Waals surface area contributed by atoms with Gasteiger partial charge in [0.25, 0.3) is 5.56 Å². The van der Waals surface area contributed by atoms with E-state index in [0.29, 0.717) is 5.39 Å². The molecule has 28 heavy (non-hydrogen) atoms. The number of carbonyl (C=O) groups is 1. The molecule has 148 valence electrons. The van der Waals surface area contributed by atoms with Crippen LogP contribution >= 0.6 is 11.3 Å². The maximum absolute atomic E-state index is 12.8. The van der Waals surface area contributed by atoms with Gasteiger partial charge in [-0.1, -0.05) is 26.0 Å². The van der Waals surface area contributed by atoms with Crippen molar-refractivity contribution in [3.8, 4) is 5.75 Å². The molecule has 0 radical (unpaired) electrons. The summed E-state index contributed by atoms with van der Waals surface area (Å²) in [7, 11) is 1.62. The van der Waals surface area contributed by atoms with E-state index >= 15 is 0 Å². The minimum Gasteiger partial charge on any atom is -0.497 e. The van der Waals surface area contributed by atoms with Gasteiger partial charge in [0, 0.05) is 4.88 Å². The number of fused-ring (bicyclic) bond motifs is 1. The smallest absolute Gasteiger partial charge is 0.262 e. The third kappa shape index (κ3) is 3.94. The molecule has 1 aromatic carbocycles. The highest BCUT2D eigenvalue weighted by Crippen LogP contribution is 2.26. The molecule has 1 atom stereocenters. The number of hydrogen-bond donors (Lipinski definition) is 1. The minimum atomic E-state index is -0.220. The summed E-state index contributed by atoms with van der Waals surface area (Å²) in [5.74, 6) is 0.740. The van der Waals surface area contributed by atoms with E-state index in [1.165, 1.54) is 22.2 Å². The van der Waals surface area contributed by atoms with E-state index in [1.54, 1.807) is 7.11 Å². The number of aryl methyl sites for hydroxylation is 2. The first kappa shape index (κ1) is 20.1. The summed E-state index contributed by atoms with van der Waals surface area (Å²) in [6.07, 6.45) is 1.46. The van der Waals surface area contributed by atoms with Gasteiger partial charge in [0.05, 0.1) is 24.9 Å². The van der Waals surface area contributed by atoms with Gasteiger partial charge in [-0.05, 0) is 43.0 Å². The molecule has 2 aromatic heterocycles. The van der Waals surface area contributed by atoms with Gasteiger partial charge in [0.15, 0.2) is 0 Å². The van der Waals surface area contributed by atoms with Crippen molar-refractivity contribution in [1.29, 1.82) is 0 Å². The van der Waals surface area contributed by atoms with Gasteiger partial charge in [0.2, 0.25) is 5.91 Å². The summed E-state index contributed by atoms with van der Waals surface area (Å²) in [6, 6.07) is 7.49. The average Bonchev–Trinajstić information content (AvgIpc) is 2.96. The lowest BCUT2D eigenvalue weighted by Crippen LogP contribution is -2.36. The molecule has 1 N–H and O–H groups in total. The van der Waals surface area contributed by atoms with Crippen LogP contribution in [0.15, 0.2) is 35.4 Å². The van der Waals surface area contributed by atoms with Crippen LogP contribution in [0.1, 0.15) is 35.9 Å². The molecule has 3 aromatic rings. The Hall–Kier alpha value is -2.67. The van der Waals surface area contributed by atoms with Crippen LogP contribution in [0.3, 0.4) is 0 Å². The molecule has 0 aliphatic rings. The maximum atomic E-state index is 12.8. The normalized spacial score (nSPS) is 12.4. The summed E-state index contributed by atoms with van der Waals surface area (Å²) < 4.78 is 6.57. The number of aromatic nitrogens is 2. The summed E-state index contributed by atoms with van der Waals surface area (Å²) in [4.78, 5) is 31.6. The number of nitrogens with zero attached hydrogens (tertiary/aromatic N) is 2. The first-order valence-electron chi connectivity index (χ1n) is 9.20. The zero-order chi connectivity index (χ0) is 20.4. The zero-order valence-corrected chi connectivity index (χ0v) is 17.6. The Morgan fingerprint density at radius 3 is 2.54 bits per heavy atom. The molecule has 0 saturated heterocycles. The van der Waals surface area contributed by atoms with Crippen molar-refractivity contribution in [2.45, 2.75) is 40.3 Å². The molecule has 1 amide bonds. The SMILES string of the molecule is COc1ccc([C@H](NC(=O)Cn2cnc3sc(C)c(C)c3c2=O)C(C)C)cc1. The lowest BCUT2D eigenvalue weighted by molar-refractivity contribution is -0.122. The number of nitrogens with one attached hydrogen (secondary N) is 1. The van der Waals surface area contributed by atoms with E-state index < -0.39 is 0 Å². The lowest BCUT2D eigenvalue weighted by Gasteiger charge is -2.23. The number of ether oxygens (including phenoxy) is 1. The standard InChI is InChI=1S/C21H25N3O3S/c1-12(2)19(15-6-8-16(27-5)9-7-15)23-17(25)10-24-11-22-20-18(21(24)26)13(3)14(4)28-20/h6-9,11-12,19H,10H2,1-5H3,(H,23,25)/t19-/m1/s1. The van der Waals surface area contributed by atoms with Gasteiger partial charge < -0.3 is 10.1 Å². The molecule has 6 nitrogen and oxygen atoms in total. The van der Waals surface area contributed by atoms with Crippen LogP contribution in [0, 0.1) is 19.8 Å². The van der Waals surface area contributed by atoms with E-state index in [4.69, 9.17) is 4.74 Å². The highest BCUT2D eigenvalue weighted by atomic mass is 32.1. The van der Waals surface area contributed by atoms with Crippen LogP contribution < -0.4 is 15.6 Å². The van der Waals surface area contributed by atoms with Crippen molar-refractivity contribution in [1.82, 2.24) is 14.9 Å². The molecule has 0 fully saturated rings. The lowest BCUT2D eigenvalue weighted by atomic mass is 9.96. The molecule has 0 unspecified atom stereocenters. The maximum Gasteiger partial charge on any atom is 0.262 e. The molecule has 3 rings (SSSR count). The first-order chi connectivity index (χ1) is 13.3. The van der Waals surface area contributed by atoms with Crippen LogP contribution in [0.25, 0.3) is 10.2 Å². The van der Waals surface area contributed by atoms with Crippen molar-refractivity contribution in [3.63, 3.8) is 0 Å². The quantitative estimate of drug-likeness (QED) is 0.687. The Morgan fingerprint density at radius 2 is 1.93 bits per heavy atom. The van der Waals surface area contributed by atoms with Gasteiger partial charge in [0.1, 0.15) is 17.1 Å². The predicted octanol–water partition coefficient (Wildman–Crippen LogP) is 3.60. The van der Waals surface area contributed by atoms with E-state index in [9.17, 15) is 9.59 Å². The number of benzene rings is 1. The third-order valence-electron chi connectivity index (χ3n) is 4.93. The topological polar surface area (TPSA) is 73.2 Å². The molecule has 0 aliphatic carbocycles. The molecule has 0 saturated carbocycles. The molecule has 7 heteroatoms. The summed E-state index contributed by atoms with van der Waals surface area (Å²) in [6.45, 7) is 7.93. The second-order valence-electron chi connectivity index (χ2n) is 7.20. The number of carbonyl (C=O) groups excluding carboxylic acids is 1. The third-order valence-corrected chi connectivity index (χ3v) is 6.04. The van der Waals surface area contributed by atoms with Crippen LogP contribution in [-0.4, -0.2) is 22.6 Å². The first-order valence-corrected chi connectivity index (χ1v) is 10.0. The average molecular weight is 400 g/mol. The fraction of sp³-hybridized carbons (Fsp3) is 0.381. The minimum absolute atomic E-state index is 0.0600. The van der Waals surface area contributed by atoms with Gasteiger partial charge >= 0.3 is 0 Å². The Labute approximate surface area is 168 Å². The van der Waals surface area contributed by atoms with Crippen molar-refractivity contribution >= 4 is 27.5 Å². The number of hydrogen-bond acceptors (Lipinski definition) is 5. The van der Waals surface area contributed by atoms with Crippen LogP contribution in [0.4, 0.5) is 0 Å². The highest BCUT2D eigenvalue weighted by Gasteiger charge is 2.20. The Kier molecular flexibility index (Phi) is 5.84. The van der Waals surface area contributed by atoms with Gasteiger partial charge in [-0.25, -0.2) is 4.98 Å². The van der Waals surface area contributed by atoms with E-state index in [-0.39, 0.29) is 30.0 Å². The molecule has 0 spiro atoms. The monoisotopic (exact) mass is 399 g/mol. The molecule has 0 aliphatic heterocycles. The van der Waals surface area contributed by atoms with Crippen LogP contribution in [0.2, 0.25) is 0 Å². The van der Waals surface area contributed by atoms with E-state index in [0.717, 1.165) is 26.6 Å². The van der Waals surface area contributed by atoms with E-state index in [1.807, 2.05) is 52.0 Å². The fourth-order valence-corrected chi connectivity index (χ4v) is 4.19. The predicted molar refractivity (Wildman–Crippen MR) is 112 cm³/mol. The van der Waals surface area contributed by atoms with Crippen LogP contribution in [0.5, 0.6) is 5.75 Å². The van der Waals surface area contributed by atoms with Crippen LogP contribution in [-0.2, 0) is 11.3 Å². The van der Waals surface area contributed by atoms with E-state index in [2.05, 4.69) is 10.3 Å². The Bertz CT molecular complexity index is 1050. The number of thiophene rings is 1. The summed E-state index contributed by atoms with van der Waals surface area (Å²) in [5, 5.41) is 3.65. The van der Waals surface area contributed by atoms with Gasteiger partial charge in [-0.2, -0.15) is 0 Å². The Morgan fingerprint density at radius 1 is 1.25 bits per heavy atom. The second kappa shape index (κ2) is 8.14. The summed E-state index contributed by atoms with van der Waals surface area (Å²) >= 11 is 1.50. The largest absolute Gasteiger partial charge is 0.497 e. The number of rotatable bonds is 6. The second-order valence-corrected chi connectivity index (χ2v) is 8.41. The number of methoxy groups -OCH3 is 1. The molecular formula is C21H25N3O3S. The van der Waals surface area contributed by atoms with Crippen molar-refractivity contribution in [3.05, 3.63) is 57.0 Å². The van der Waals surface area contributed by atoms with Crippen molar-refractivity contribution < 1.29 is 9.53 Å². The molecule has 0 bridgehead atoms.